The van der Waals surface area contributed by atoms with E-state index in [9.17, 15) is 13.2 Å². The van der Waals surface area contributed by atoms with Crippen LogP contribution in [0.25, 0.3) is 0 Å². The van der Waals surface area contributed by atoms with Gasteiger partial charge in [-0.15, -0.1) is 0 Å². The van der Waals surface area contributed by atoms with Gasteiger partial charge in [-0.1, -0.05) is 6.42 Å². The van der Waals surface area contributed by atoms with Crippen molar-refractivity contribution >= 4 is 11.8 Å². The Morgan fingerprint density at radius 3 is 2.64 bits per heavy atom. The molecule has 0 bridgehead atoms. The maximum Gasteiger partial charge on any atom is 0.390 e. The Bertz CT molecular complexity index is 155. The van der Waals surface area contributed by atoms with Crippen molar-refractivity contribution in [2.75, 3.05) is 18.8 Å². The Hall–Kier alpha value is 0.100. The van der Waals surface area contributed by atoms with Crippen LogP contribution in [-0.4, -0.2) is 30.3 Å². The third-order valence-corrected chi connectivity index (χ3v) is 3.63. The van der Waals surface area contributed by atoms with E-state index in [1.165, 1.54) is 12.8 Å². The number of hydrogen-bond donors (Lipinski definition) is 1. The van der Waals surface area contributed by atoms with E-state index >= 15 is 0 Å². The first-order chi connectivity index (χ1) is 6.58. The SMILES string of the molecule is FC(F)(F)CCNCC1CCCCS1. The van der Waals surface area contributed by atoms with Gasteiger partial charge in [0.15, 0.2) is 0 Å². The summed E-state index contributed by atoms with van der Waals surface area (Å²) in [5, 5.41) is 3.40. The van der Waals surface area contributed by atoms with Crippen LogP contribution in [0, 0.1) is 0 Å². The fraction of sp³-hybridized carbons (Fsp3) is 1.00. The minimum absolute atomic E-state index is 0.0561. The van der Waals surface area contributed by atoms with Crippen molar-refractivity contribution in [2.45, 2.75) is 37.1 Å². The fourth-order valence-electron chi connectivity index (χ4n) is 1.46. The van der Waals surface area contributed by atoms with Crippen molar-refractivity contribution in [3.63, 3.8) is 0 Å². The first kappa shape index (κ1) is 12.2. The molecule has 1 atom stereocenters. The van der Waals surface area contributed by atoms with E-state index in [1.807, 2.05) is 11.8 Å². The average Bonchev–Trinajstić information content (AvgIpc) is 2.13. The van der Waals surface area contributed by atoms with E-state index < -0.39 is 12.6 Å². The predicted octanol–water partition coefficient (Wildman–Crippen LogP) is 2.81. The molecule has 1 heterocycles. The Morgan fingerprint density at radius 1 is 1.29 bits per heavy atom. The van der Waals surface area contributed by atoms with Gasteiger partial charge in [0.1, 0.15) is 0 Å². The van der Waals surface area contributed by atoms with Gasteiger partial charge in [0.25, 0.3) is 0 Å². The molecule has 14 heavy (non-hydrogen) atoms. The Balaban J connectivity index is 1.97. The van der Waals surface area contributed by atoms with Crippen LogP contribution in [0.15, 0.2) is 0 Å². The number of hydrogen-bond acceptors (Lipinski definition) is 2. The second-order valence-corrected chi connectivity index (χ2v) is 4.97. The standard InChI is InChI=1S/C9H16F3NS/c10-9(11,12)4-5-13-7-8-3-1-2-6-14-8/h8,13H,1-7H2. The number of nitrogens with one attached hydrogen (secondary N) is 1. The monoisotopic (exact) mass is 227 g/mol. The van der Waals surface area contributed by atoms with Gasteiger partial charge in [0.2, 0.25) is 0 Å². The Morgan fingerprint density at radius 2 is 2.07 bits per heavy atom. The van der Waals surface area contributed by atoms with Crippen LogP contribution in [0.5, 0.6) is 0 Å². The summed E-state index contributed by atoms with van der Waals surface area (Å²) in [4.78, 5) is 0. The smallest absolute Gasteiger partial charge is 0.315 e. The normalized spacial score (nSPS) is 23.8. The average molecular weight is 227 g/mol. The molecule has 0 saturated carbocycles. The van der Waals surface area contributed by atoms with Crippen LogP contribution in [0.4, 0.5) is 13.2 Å². The summed E-state index contributed by atoms with van der Waals surface area (Å²) in [7, 11) is 0. The topological polar surface area (TPSA) is 12.0 Å². The second kappa shape index (κ2) is 5.85. The van der Waals surface area contributed by atoms with Crippen molar-refractivity contribution in [3.05, 3.63) is 0 Å². The Kier molecular flexibility index (Phi) is 5.09. The number of halogens is 3. The maximum atomic E-state index is 11.8. The second-order valence-electron chi connectivity index (χ2n) is 3.56. The molecule has 1 nitrogen and oxygen atoms in total. The summed E-state index contributed by atoms with van der Waals surface area (Å²) in [5.74, 6) is 1.16. The van der Waals surface area contributed by atoms with Crippen LogP contribution in [-0.2, 0) is 0 Å². The zero-order valence-electron chi connectivity index (χ0n) is 8.07. The summed E-state index contributed by atoms with van der Waals surface area (Å²) < 4.78 is 35.3. The molecule has 0 spiro atoms. The minimum Gasteiger partial charge on any atom is -0.315 e. The molecule has 84 valence electrons. The number of thioether (sulfide) groups is 1. The summed E-state index contributed by atoms with van der Waals surface area (Å²) in [6.07, 6.45) is -1.12. The lowest BCUT2D eigenvalue weighted by Crippen LogP contribution is -2.29. The third kappa shape index (κ3) is 5.75. The molecule has 1 N–H and O–H groups in total. The minimum atomic E-state index is -4.02. The zero-order chi connectivity index (χ0) is 10.4. The molecule has 0 aliphatic carbocycles. The van der Waals surface area contributed by atoms with Crippen molar-refractivity contribution in [1.82, 2.24) is 5.32 Å². The maximum absolute atomic E-state index is 11.8. The number of alkyl halides is 3. The van der Waals surface area contributed by atoms with Gasteiger partial charge in [0.05, 0.1) is 6.42 Å². The molecular weight excluding hydrogens is 211 g/mol. The fourth-order valence-corrected chi connectivity index (χ4v) is 2.73. The van der Waals surface area contributed by atoms with Gasteiger partial charge in [0, 0.05) is 18.3 Å². The van der Waals surface area contributed by atoms with E-state index in [-0.39, 0.29) is 6.54 Å². The highest BCUT2D eigenvalue weighted by Crippen LogP contribution is 2.24. The third-order valence-electron chi connectivity index (χ3n) is 2.23. The summed E-state index contributed by atoms with van der Waals surface area (Å²) >= 11 is 1.88. The first-order valence-corrected chi connectivity index (χ1v) is 6.02. The molecule has 0 aromatic rings. The van der Waals surface area contributed by atoms with Crippen LogP contribution in [0.3, 0.4) is 0 Å². The highest BCUT2D eigenvalue weighted by atomic mass is 32.2. The van der Waals surface area contributed by atoms with Gasteiger partial charge >= 0.3 is 6.18 Å². The van der Waals surface area contributed by atoms with E-state index in [1.54, 1.807) is 0 Å². The van der Waals surface area contributed by atoms with Gasteiger partial charge in [-0.25, -0.2) is 0 Å². The lowest BCUT2D eigenvalue weighted by atomic mass is 10.2. The molecule has 5 heteroatoms. The summed E-state index contributed by atoms with van der Waals surface area (Å²) in [6, 6.07) is 0. The number of rotatable bonds is 4. The summed E-state index contributed by atoms with van der Waals surface area (Å²) in [5.41, 5.74) is 0. The summed E-state index contributed by atoms with van der Waals surface area (Å²) in [6.45, 7) is 0.779. The van der Waals surface area contributed by atoms with Gasteiger partial charge in [-0.05, 0) is 18.6 Å². The Labute approximate surface area is 86.8 Å². The van der Waals surface area contributed by atoms with Crippen molar-refractivity contribution in [2.24, 2.45) is 0 Å². The molecule has 0 radical (unpaired) electrons. The molecule has 1 aliphatic heterocycles. The molecular formula is C9H16F3NS. The molecule has 1 rings (SSSR count). The van der Waals surface area contributed by atoms with E-state index in [0.29, 0.717) is 5.25 Å². The molecule has 1 aliphatic rings. The molecule has 1 unspecified atom stereocenters. The lowest BCUT2D eigenvalue weighted by molar-refractivity contribution is -0.133. The quantitative estimate of drug-likeness (QED) is 0.741. The van der Waals surface area contributed by atoms with Crippen LogP contribution in [0.2, 0.25) is 0 Å². The zero-order valence-corrected chi connectivity index (χ0v) is 8.89. The van der Waals surface area contributed by atoms with E-state index in [2.05, 4.69) is 5.32 Å². The van der Waals surface area contributed by atoms with Crippen LogP contribution >= 0.6 is 11.8 Å². The van der Waals surface area contributed by atoms with Crippen LogP contribution < -0.4 is 5.32 Å². The van der Waals surface area contributed by atoms with Gasteiger partial charge in [-0.3, -0.25) is 0 Å². The molecule has 0 amide bonds. The predicted molar refractivity (Wildman–Crippen MR) is 53.6 cm³/mol. The van der Waals surface area contributed by atoms with E-state index in [0.717, 1.165) is 18.7 Å². The van der Waals surface area contributed by atoms with E-state index in [4.69, 9.17) is 0 Å². The highest BCUT2D eigenvalue weighted by molar-refractivity contribution is 7.99. The largest absolute Gasteiger partial charge is 0.390 e. The van der Waals surface area contributed by atoms with Crippen molar-refractivity contribution in [3.8, 4) is 0 Å². The highest BCUT2D eigenvalue weighted by Gasteiger charge is 2.26. The molecule has 1 fully saturated rings. The molecule has 0 aromatic heterocycles. The lowest BCUT2D eigenvalue weighted by Gasteiger charge is -2.21. The molecule has 0 aromatic carbocycles. The van der Waals surface area contributed by atoms with Gasteiger partial charge < -0.3 is 5.32 Å². The molecule has 1 saturated heterocycles. The van der Waals surface area contributed by atoms with Crippen molar-refractivity contribution < 1.29 is 13.2 Å². The van der Waals surface area contributed by atoms with Crippen LogP contribution in [0.1, 0.15) is 25.7 Å². The first-order valence-electron chi connectivity index (χ1n) is 4.97. The van der Waals surface area contributed by atoms with Crippen molar-refractivity contribution in [1.29, 1.82) is 0 Å². The van der Waals surface area contributed by atoms with Gasteiger partial charge in [-0.2, -0.15) is 24.9 Å².